The Bertz CT molecular complexity index is 339. The molecule has 2 atom stereocenters. The van der Waals surface area contributed by atoms with Crippen LogP contribution in [0.25, 0.3) is 0 Å². The first kappa shape index (κ1) is 13.2. The monoisotopic (exact) mass is 298 g/mol. The summed E-state index contributed by atoms with van der Waals surface area (Å²) in [6, 6.07) is -1.78. The van der Waals surface area contributed by atoms with Crippen LogP contribution in [0.1, 0.15) is 6.92 Å². The first-order valence-electron chi connectivity index (χ1n) is 4.32. The van der Waals surface area contributed by atoms with E-state index in [1.54, 1.807) is 0 Å². The third-order valence-electron chi connectivity index (χ3n) is 2.03. The summed E-state index contributed by atoms with van der Waals surface area (Å²) in [4.78, 5) is -0.713. The molecule has 1 heterocycles. The van der Waals surface area contributed by atoms with Crippen LogP contribution in [-0.4, -0.2) is 34.1 Å². The van der Waals surface area contributed by atoms with Crippen LogP contribution in [0.5, 0.6) is 0 Å². The number of hydrogen-bond acceptors (Lipinski definition) is 3. The molecule has 0 aromatic rings. The summed E-state index contributed by atoms with van der Waals surface area (Å²) in [5, 5.41) is 15.5. The van der Waals surface area contributed by atoms with Gasteiger partial charge in [-0.25, -0.2) is 5.43 Å². The minimum Gasteiger partial charge on any atom is -0.311 e. The minimum absolute atomic E-state index is 0.157. The van der Waals surface area contributed by atoms with E-state index in [4.69, 9.17) is 10.8 Å². The van der Waals surface area contributed by atoms with E-state index < -0.39 is 17.0 Å². The Balaban J connectivity index is 2.79. The number of alkyl halides is 4. The van der Waals surface area contributed by atoms with Gasteiger partial charge in [-0.3, -0.25) is 10.4 Å². The van der Waals surface area contributed by atoms with Crippen LogP contribution in [0, 0.1) is 10.8 Å². The average molecular weight is 299 g/mol. The fourth-order valence-corrected chi connectivity index (χ4v) is 1.43. The van der Waals surface area contributed by atoms with Crippen LogP contribution in [0.4, 0.5) is 13.2 Å². The zero-order valence-electron chi connectivity index (χ0n) is 8.27. The molecule has 16 heavy (non-hydrogen) atoms. The molecule has 0 aromatic heterocycles. The summed E-state index contributed by atoms with van der Waals surface area (Å²) in [6.45, 7) is 1.47. The molecule has 3 N–H and O–H groups in total. The molecule has 0 saturated heterocycles. The highest BCUT2D eigenvalue weighted by Crippen LogP contribution is 2.27. The van der Waals surface area contributed by atoms with Crippen molar-refractivity contribution in [1.82, 2.24) is 10.4 Å². The van der Waals surface area contributed by atoms with Gasteiger partial charge >= 0.3 is 6.18 Å². The molecule has 2 unspecified atom stereocenters. The maximum Gasteiger partial charge on any atom is 0.409 e. The topological polar surface area (TPSA) is 63.0 Å². The Labute approximate surface area is 98.6 Å². The van der Waals surface area contributed by atoms with Crippen molar-refractivity contribution in [1.29, 1.82) is 10.8 Å². The van der Waals surface area contributed by atoms with E-state index in [0.29, 0.717) is 5.70 Å². The number of hydrazine groups is 1. The Hall–Kier alpha value is -0.890. The summed E-state index contributed by atoms with van der Waals surface area (Å²) >= 11 is 2.99. The van der Waals surface area contributed by atoms with Crippen molar-refractivity contribution < 1.29 is 13.2 Å². The highest BCUT2D eigenvalue weighted by molar-refractivity contribution is 9.10. The van der Waals surface area contributed by atoms with Gasteiger partial charge in [0.25, 0.3) is 0 Å². The number of nitrogens with zero attached hydrogens (tertiary/aromatic N) is 1. The van der Waals surface area contributed by atoms with Gasteiger partial charge in [0.2, 0.25) is 0 Å². The van der Waals surface area contributed by atoms with Gasteiger partial charge in [-0.2, -0.15) is 13.2 Å². The van der Waals surface area contributed by atoms with E-state index in [9.17, 15) is 13.2 Å². The largest absolute Gasteiger partial charge is 0.409 e. The van der Waals surface area contributed by atoms with Crippen molar-refractivity contribution in [3.05, 3.63) is 11.8 Å². The Morgan fingerprint density at radius 3 is 2.62 bits per heavy atom. The lowest BCUT2D eigenvalue weighted by atomic mass is 10.3. The summed E-state index contributed by atoms with van der Waals surface area (Å²) in [5.74, 6) is -0.157. The van der Waals surface area contributed by atoms with Crippen molar-refractivity contribution in [3.8, 4) is 0 Å². The molecule has 4 nitrogen and oxygen atoms in total. The number of hydrogen-bond donors (Lipinski definition) is 3. The van der Waals surface area contributed by atoms with Gasteiger partial charge < -0.3 is 5.41 Å². The summed E-state index contributed by atoms with van der Waals surface area (Å²) in [6.07, 6.45) is -2.46. The van der Waals surface area contributed by atoms with Gasteiger partial charge in [-0.05, 0) is 13.0 Å². The van der Waals surface area contributed by atoms with Crippen LogP contribution >= 0.6 is 15.9 Å². The SMILES string of the molecule is CC1=CC(C(F)(F)F)NN1C(=N)C(Br)C=N. The van der Waals surface area contributed by atoms with E-state index in [1.165, 1.54) is 6.92 Å². The van der Waals surface area contributed by atoms with Gasteiger partial charge in [0, 0.05) is 11.9 Å². The van der Waals surface area contributed by atoms with Crippen molar-refractivity contribution >= 4 is 28.0 Å². The van der Waals surface area contributed by atoms with E-state index in [1.807, 2.05) is 0 Å². The maximum absolute atomic E-state index is 12.4. The zero-order chi connectivity index (χ0) is 12.5. The fraction of sp³-hybridized carbons (Fsp3) is 0.500. The van der Waals surface area contributed by atoms with E-state index in [-0.39, 0.29) is 5.84 Å². The van der Waals surface area contributed by atoms with Crippen LogP contribution in [-0.2, 0) is 0 Å². The second-order valence-electron chi connectivity index (χ2n) is 3.25. The van der Waals surface area contributed by atoms with Crippen molar-refractivity contribution in [2.24, 2.45) is 0 Å². The molecule has 0 aliphatic carbocycles. The second-order valence-corrected chi connectivity index (χ2v) is 4.23. The molecule has 0 fully saturated rings. The average Bonchev–Trinajstić information content (AvgIpc) is 2.57. The zero-order valence-corrected chi connectivity index (χ0v) is 9.85. The van der Waals surface area contributed by atoms with Crippen LogP contribution in [0.3, 0.4) is 0 Å². The highest BCUT2D eigenvalue weighted by atomic mass is 79.9. The Morgan fingerprint density at radius 2 is 2.25 bits per heavy atom. The standard InChI is InChI=1S/C8H10BrF3N4/c1-4-2-6(8(10,11)12)15-16(4)7(14)5(9)3-13/h2-3,5-6,13-15H,1H3. The summed E-state index contributed by atoms with van der Waals surface area (Å²) in [5.41, 5.74) is 2.44. The van der Waals surface area contributed by atoms with E-state index >= 15 is 0 Å². The molecule has 0 aromatic carbocycles. The lowest BCUT2D eigenvalue weighted by molar-refractivity contribution is -0.147. The smallest absolute Gasteiger partial charge is 0.311 e. The van der Waals surface area contributed by atoms with Crippen molar-refractivity contribution in [2.75, 3.05) is 0 Å². The van der Waals surface area contributed by atoms with Gasteiger partial charge in [-0.1, -0.05) is 15.9 Å². The number of allylic oxidation sites excluding steroid dienone is 1. The van der Waals surface area contributed by atoms with Gasteiger partial charge in [0.05, 0.1) is 0 Å². The molecule has 1 aliphatic rings. The van der Waals surface area contributed by atoms with Crippen LogP contribution < -0.4 is 5.43 Å². The third kappa shape index (κ3) is 2.62. The lowest BCUT2D eigenvalue weighted by Crippen LogP contribution is -2.48. The Morgan fingerprint density at radius 1 is 1.69 bits per heavy atom. The molecular weight excluding hydrogens is 289 g/mol. The van der Waals surface area contributed by atoms with Crippen LogP contribution in [0.15, 0.2) is 11.8 Å². The lowest BCUT2D eigenvalue weighted by Gasteiger charge is -2.24. The molecule has 0 saturated carbocycles. The molecule has 8 heteroatoms. The number of rotatable bonds is 2. The second kappa shape index (κ2) is 4.54. The first-order chi connectivity index (χ1) is 7.27. The third-order valence-corrected chi connectivity index (χ3v) is 2.73. The molecule has 1 aliphatic heterocycles. The normalized spacial score (nSPS) is 22.9. The van der Waals surface area contributed by atoms with Gasteiger partial charge in [0.15, 0.2) is 0 Å². The molecule has 0 radical (unpaired) electrons. The first-order valence-corrected chi connectivity index (χ1v) is 5.23. The predicted molar refractivity (Wildman–Crippen MR) is 57.8 cm³/mol. The molecular formula is C8H10BrF3N4. The van der Waals surface area contributed by atoms with Gasteiger partial charge in [-0.15, -0.1) is 0 Å². The van der Waals surface area contributed by atoms with Crippen molar-refractivity contribution in [2.45, 2.75) is 24.0 Å². The number of halogens is 4. The number of nitrogens with one attached hydrogen (secondary N) is 3. The Kier molecular flexibility index (Phi) is 3.74. The fourth-order valence-electron chi connectivity index (χ4n) is 1.22. The van der Waals surface area contributed by atoms with Crippen LogP contribution in [0.2, 0.25) is 0 Å². The highest BCUT2D eigenvalue weighted by Gasteiger charge is 2.43. The molecule has 0 bridgehead atoms. The van der Waals surface area contributed by atoms with E-state index in [2.05, 4.69) is 21.4 Å². The molecule has 0 amide bonds. The molecule has 0 spiro atoms. The molecule has 90 valence electrons. The summed E-state index contributed by atoms with van der Waals surface area (Å²) < 4.78 is 37.2. The molecule has 1 rings (SSSR count). The number of amidine groups is 1. The van der Waals surface area contributed by atoms with Gasteiger partial charge in [0.1, 0.15) is 16.7 Å². The van der Waals surface area contributed by atoms with Crippen molar-refractivity contribution in [3.63, 3.8) is 0 Å². The predicted octanol–water partition coefficient (Wildman–Crippen LogP) is 2.03. The quantitative estimate of drug-likeness (QED) is 0.415. The summed E-state index contributed by atoms with van der Waals surface area (Å²) in [7, 11) is 0. The van der Waals surface area contributed by atoms with E-state index in [0.717, 1.165) is 17.3 Å². The minimum atomic E-state index is -4.39. The maximum atomic E-state index is 12.4.